The molecule has 0 amide bonds. The highest BCUT2D eigenvalue weighted by Gasteiger charge is 2.22. The van der Waals surface area contributed by atoms with Crippen molar-refractivity contribution in [3.05, 3.63) is 12.1 Å². The predicted molar refractivity (Wildman–Crippen MR) is 58.5 cm³/mol. The van der Waals surface area contributed by atoms with Crippen LogP contribution in [0.5, 0.6) is 0 Å². The number of anilines is 2. The highest BCUT2D eigenvalue weighted by Crippen LogP contribution is 2.22. The zero-order valence-corrected chi connectivity index (χ0v) is 8.63. The molecule has 0 aliphatic carbocycles. The zero-order chi connectivity index (χ0) is 10.7. The van der Waals surface area contributed by atoms with E-state index in [1.165, 1.54) is 6.42 Å². The van der Waals surface area contributed by atoms with E-state index in [-0.39, 0.29) is 12.6 Å². The Bertz CT molecular complexity index is 314. The van der Waals surface area contributed by atoms with E-state index in [1.54, 1.807) is 6.07 Å². The van der Waals surface area contributed by atoms with Gasteiger partial charge >= 0.3 is 0 Å². The maximum absolute atomic E-state index is 9.26. The molecule has 2 rings (SSSR count). The molecule has 1 saturated heterocycles. The third-order valence-electron chi connectivity index (χ3n) is 2.80. The van der Waals surface area contributed by atoms with Gasteiger partial charge in [-0.05, 0) is 31.4 Å². The summed E-state index contributed by atoms with van der Waals surface area (Å²) in [5.74, 6) is 1.24. The molecule has 1 fully saturated rings. The van der Waals surface area contributed by atoms with Gasteiger partial charge in [-0.1, -0.05) is 0 Å². The molecule has 1 unspecified atom stereocenters. The summed E-state index contributed by atoms with van der Waals surface area (Å²) >= 11 is 0. The van der Waals surface area contributed by atoms with Crippen molar-refractivity contribution in [2.45, 2.75) is 25.3 Å². The molecule has 0 aromatic carbocycles. The Kier molecular flexibility index (Phi) is 3.01. The normalized spacial score (nSPS) is 21.7. The largest absolute Gasteiger partial charge is 0.394 e. The van der Waals surface area contributed by atoms with E-state index in [4.69, 9.17) is 5.73 Å². The molecule has 0 saturated carbocycles. The van der Waals surface area contributed by atoms with Crippen LogP contribution in [0.15, 0.2) is 12.1 Å². The maximum Gasteiger partial charge on any atom is 0.151 e. The van der Waals surface area contributed by atoms with Crippen LogP contribution in [-0.4, -0.2) is 34.5 Å². The first-order valence-electron chi connectivity index (χ1n) is 5.28. The van der Waals surface area contributed by atoms with Gasteiger partial charge in [0.1, 0.15) is 5.82 Å². The topological polar surface area (TPSA) is 75.3 Å². The second kappa shape index (κ2) is 4.44. The Morgan fingerprint density at radius 1 is 1.40 bits per heavy atom. The van der Waals surface area contributed by atoms with Crippen molar-refractivity contribution < 1.29 is 5.11 Å². The number of rotatable bonds is 2. The van der Waals surface area contributed by atoms with Gasteiger partial charge in [-0.15, -0.1) is 10.2 Å². The van der Waals surface area contributed by atoms with Gasteiger partial charge in [0, 0.05) is 6.54 Å². The Balaban J connectivity index is 2.16. The van der Waals surface area contributed by atoms with Crippen molar-refractivity contribution in [1.82, 2.24) is 10.2 Å². The number of nitrogens with two attached hydrogens (primary N) is 1. The second-order valence-corrected chi connectivity index (χ2v) is 3.84. The van der Waals surface area contributed by atoms with Gasteiger partial charge in [-0.3, -0.25) is 0 Å². The van der Waals surface area contributed by atoms with Gasteiger partial charge in [0.2, 0.25) is 0 Å². The van der Waals surface area contributed by atoms with E-state index in [2.05, 4.69) is 15.1 Å². The lowest BCUT2D eigenvalue weighted by molar-refractivity contribution is 0.239. The molecule has 15 heavy (non-hydrogen) atoms. The van der Waals surface area contributed by atoms with Crippen molar-refractivity contribution in [3.63, 3.8) is 0 Å². The van der Waals surface area contributed by atoms with Gasteiger partial charge in [-0.25, -0.2) is 0 Å². The number of aliphatic hydroxyl groups excluding tert-OH is 1. The first-order valence-corrected chi connectivity index (χ1v) is 5.28. The highest BCUT2D eigenvalue weighted by molar-refractivity contribution is 5.42. The molecule has 0 bridgehead atoms. The van der Waals surface area contributed by atoms with Crippen LogP contribution in [0.1, 0.15) is 19.3 Å². The molecular weight excluding hydrogens is 192 g/mol. The monoisotopic (exact) mass is 208 g/mol. The fourth-order valence-corrected chi connectivity index (χ4v) is 1.98. The van der Waals surface area contributed by atoms with Crippen LogP contribution >= 0.6 is 0 Å². The summed E-state index contributed by atoms with van der Waals surface area (Å²) in [7, 11) is 0. The van der Waals surface area contributed by atoms with Crippen LogP contribution < -0.4 is 10.6 Å². The summed E-state index contributed by atoms with van der Waals surface area (Å²) < 4.78 is 0. The van der Waals surface area contributed by atoms with E-state index in [0.29, 0.717) is 5.82 Å². The number of nitrogen functional groups attached to an aromatic ring is 1. The molecule has 1 aromatic heterocycles. The minimum Gasteiger partial charge on any atom is -0.394 e. The van der Waals surface area contributed by atoms with E-state index in [1.807, 2.05) is 6.07 Å². The first-order chi connectivity index (χ1) is 7.31. The van der Waals surface area contributed by atoms with Crippen LogP contribution in [0.2, 0.25) is 0 Å². The fourth-order valence-electron chi connectivity index (χ4n) is 1.98. The Morgan fingerprint density at radius 2 is 2.27 bits per heavy atom. The van der Waals surface area contributed by atoms with Crippen molar-refractivity contribution >= 4 is 11.6 Å². The van der Waals surface area contributed by atoms with E-state index >= 15 is 0 Å². The van der Waals surface area contributed by atoms with Crippen LogP contribution in [-0.2, 0) is 0 Å². The van der Waals surface area contributed by atoms with Gasteiger partial charge < -0.3 is 15.7 Å². The van der Waals surface area contributed by atoms with Gasteiger partial charge in [0.25, 0.3) is 0 Å². The smallest absolute Gasteiger partial charge is 0.151 e. The SMILES string of the molecule is Nc1ccc(N2CCCCC2CO)nn1. The quantitative estimate of drug-likeness (QED) is 0.736. The van der Waals surface area contributed by atoms with E-state index < -0.39 is 0 Å². The van der Waals surface area contributed by atoms with Crippen LogP contribution in [0.4, 0.5) is 11.6 Å². The fraction of sp³-hybridized carbons (Fsp3) is 0.600. The summed E-state index contributed by atoms with van der Waals surface area (Å²) in [6.45, 7) is 1.11. The molecule has 1 aliphatic heterocycles. The van der Waals surface area contributed by atoms with Crippen molar-refractivity contribution in [1.29, 1.82) is 0 Å². The average Bonchev–Trinajstić information content (AvgIpc) is 2.30. The Hall–Kier alpha value is -1.36. The lowest BCUT2D eigenvalue weighted by Crippen LogP contribution is -2.42. The molecule has 82 valence electrons. The minimum absolute atomic E-state index is 0.173. The molecular formula is C10H16N4O. The van der Waals surface area contributed by atoms with Crippen molar-refractivity contribution in [2.75, 3.05) is 23.8 Å². The van der Waals surface area contributed by atoms with Crippen molar-refractivity contribution in [3.8, 4) is 0 Å². The molecule has 5 nitrogen and oxygen atoms in total. The van der Waals surface area contributed by atoms with Crippen LogP contribution in [0.25, 0.3) is 0 Å². The molecule has 5 heteroatoms. The zero-order valence-electron chi connectivity index (χ0n) is 8.63. The number of aromatic nitrogens is 2. The molecule has 0 radical (unpaired) electrons. The number of nitrogens with zero attached hydrogens (tertiary/aromatic N) is 3. The first kappa shape index (κ1) is 10.2. The lowest BCUT2D eigenvalue weighted by atomic mass is 10.0. The summed E-state index contributed by atoms with van der Waals surface area (Å²) in [5, 5.41) is 17.1. The molecule has 3 N–H and O–H groups in total. The Labute approximate surface area is 88.9 Å². The van der Waals surface area contributed by atoms with Crippen LogP contribution in [0, 0.1) is 0 Å². The van der Waals surface area contributed by atoms with Gasteiger partial charge in [0.15, 0.2) is 5.82 Å². The maximum atomic E-state index is 9.26. The third kappa shape index (κ3) is 2.18. The minimum atomic E-state index is 0.173. The second-order valence-electron chi connectivity index (χ2n) is 3.84. The molecule has 1 aliphatic rings. The van der Waals surface area contributed by atoms with Gasteiger partial charge in [0.05, 0.1) is 12.6 Å². The van der Waals surface area contributed by atoms with Crippen LogP contribution in [0.3, 0.4) is 0 Å². The van der Waals surface area contributed by atoms with Gasteiger partial charge in [-0.2, -0.15) is 0 Å². The molecule has 1 aromatic rings. The van der Waals surface area contributed by atoms with Crippen molar-refractivity contribution in [2.24, 2.45) is 0 Å². The summed E-state index contributed by atoms with van der Waals surface area (Å²) in [4.78, 5) is 2.11. The standard InChI is InChI=1S/C10H16N4O/c11-9-4-5-10(13-12-9)14-6-2-1-3-8(14)7-15/h4-5,8,15H,1-3,6-7H2,(H2,11,12). The van der Waals surface area contributed by atoms with E-state index in [9.17, 15) is 5.11 Å². The molecule has 2 heterocycles. The number of hydrogen-bond acceptors (Lipinski definition) is 5. The third-order valence-corrected chi connectivity index (χ3v) is 2.80. The lowest BCUT2D eigenvalue weighted by Gasteiger charge is -2.35. The average molecular weight is 208 g/mol. The summed E-state index contributed by atoms with van der Waals surface area (Å²) in [6, 6.07) is 3.78. The number of piperidine rings is 1. The number of aliphatic hydroxyl groups is 1. The molecule has 0 spiro atoms. The predicted octanol–water partition coefficient (Wildman–Crippen LogP) is 0.410. The summed E-state index contributed by atoms with van der Waals surface area (Å²) in [6.07, 6.45) is 3.33. The van der Waals surface area contributed by atoms with E-state index in [0.717, 1.165) is 25.2 Å². The number of hydrogen-bond donors (Lipinski definition) is 2. The highest BCUT2D eigenvalue weighted by atomic mass is 16.3. The summed E-state index contributed by atoms with van der Waals surface area (Å²) in [5.41, 5.74) is 5.48. The Morgan fingerprint density at radius 3 is 2.93 bits per heavy atom. The molecule has 1 atom stereocenters.